The highest BCUT2D eigenvalue weighted by molar-refractivity contribution is 7.18. The number of aliphatic carboxylic acids is 1. The first-order valence-electron chi connectivity index (χ1n) is 9.48. The lowest BCUT2D eigenvalue weighted by Gasteiger charge is -2.06. The van der Waals surface area contributed by atoms with Crippen molar-refractivity contribution in [3.05, 3.63) is 78.0 Å². The van der Waals surface area contributed by atoms with E-state index in [1.54, 1.807) is 11.3 Å². The molecule has 4 nitrogen and oxygen atoms in total. The maximum absolute atomic E-state index is 11.4. The molecule has 1 heterocycles. The van der Waals surface area contributed by atoms with Gasteiger partial charge in [-0.3, -0.25) is 4.79 Å². The third-order valence-corrected chi connectivity index (χ3v) is 5.78. The fourth-order valence-electron chi connectivity index (χ4n) is 3.07. The van der Waals surface area contributed by atoms with Gasteiger partial charge in [-0.25, -0.2) is 0 Å². The van der Waals surface area contributed by atoms with Crippen LogP contribution in [0.2, 0.25) is 0 Å². The lowest BCUT2D eigenvalue weighted by atomic mass is 10.0. The summed E-state index contributed by atoms with van der Waals surface area (Å²) in [7, 11) is 0. The summed E-state index contributed by atoms with van der Waals surface area (Å²) in [5.74, 6) is -1.02. The Morgan fingerprint density at radius 3 is 2.64 bits per heavy atom. The second-order valence-corrected chi connectivity index (χ2v) is 7.58. The van der Waals surface area contributed by atoms with Crippen LogP contribution in [0.1, 0.15) is 24.8 Å². The average Bonchev–Trinajstić information content (AvgIpc) is 3.06. The zero-order chi connectivity index (χ0) is 19.8. The highest BCUT2D eigenvalue weighted by atomic mass is 32.1. The van der Waals surface area contributed by atoms with Gasteiger partial charge in [0, 0.05) is 30.5 Å². The molecule has 0 saturated carbocycles. The molecule has 0 bridgehead atoms. The number of anilines is 1. The summed E-state index contributed by atoms with van der Waals surface area (Å²) in [6.07, 6.45) is 9.23. The van der Waals surface area contributed by atoms with E-state index >= 15 is 0 Å². The maximum atomic E-state index is 11.4. The zero-order valence-corrected chi connectivity index (χ0v) is 16.7. The molecule has 0 spiro atoms. The van der Waals surface area contributed by atoms with E-state index in [0.717, 1.165) is 16.2 Å². The second-order valence-electron chi connectivity index (χ2n) is 6.52. The number of carbonyl (C=O) groups is 1. The first-order valence-corrected chi connectivity index (χ1v) is 10.3. The minimum Gasteiger partial charge on any atom is -0.481 e. The van der Waals surface area contributed by atoms with Crippen molar-refractivity contribution >= 4 is 39.3 Å². The molecular formula is C23H25N2O2S+. The van der Waals surface area contributed by atoms with E-state index in [2.05, 4.69) is 28.1 Å². The number of aromatic nitrogens is 1. The van der Waals surface area contributed by atoms with Crippen LogP contribution in [0, 0.1) is 5.92 Å². The van der Waals surface area contributed by atoms with E-state index in [-0.39, 0.29) is 5.92 Å². The van der Waals surface area contributed by atoms with Crippen molar-refractivity contribution < 1.29 is 14.5 Å². The first kappa shape index (κ1) is 19.8. The molecule has 3 rings (SSSR count). The molecule has 1 aromatic heterocycles. The monoisotopic (exact) mass is 393 g/mol. The van der Waals surface area contributed by atoms with Gasteiger partial charge in [0.2, 0.25) is 5.52 Å². The van der Waals surface area contributed by atoms with Crippen LogP contribution >= 0.6 is 11.3 Å². The molecule has 0 aliphatic rings. The minimum atomic E-state index is -0.713. The Hall–Kier alpha value is -2.92. The standard InChI is InChI=1S/C23H24N2O2S/c1-2-18(23(26)27)15-17-25-20-12-6-7-13-21(20)28-22(25)14-8-9-16-24-19-10-4-3-5-11-19/h3-14,16,18H,2,15,17H2,1H3,(H,26,27)/p+1. The molecule has 2 aromatic carbocycles. The average molecular weight is 394 g/mol. The smallest absolute Gasteiger partial charge is 0.306 e. The van der Waals surface area contributed by atoms with Crippen LogP contribution in [0.15, 0.2) is 72.9 Å². The number of hydrogen-bond acceptors (Lipinski definition) is 3. The van der Waals surface area contributed by atoms with Gasteiger partial charge in [-0.15, -0.1) is 0 Å². The molecular weight excluding hydrogens is 368 g/mol. The largest absolute Gasteiger partial charge is 0.481 e. The van der Waals surface area contributed by atoms with Crippen molar-refractivity contribution in [3.8, 4) is 0 Å². The number of fused-ring (bicyclic) bond motifs is 1. The molecule has 0 aliphatic carbocycles. The summed E-state index contributed by atoms with van der Waals surface area (Å²) in [4.78, 5) is 11.4. The predicted octanol–water partition coefficient (Wildman–Crippen LogP) is 5.33. The molecule has 1 unspecified atom stereocenters. The Morgan fingerprint density at radius 1 is 1.14 bits per heavy atom. The molecule has 0 amide bonds. The summed E-state index contributed by atoms with van der Waals surface area (Å²) in [6, 6.07) is 18.3. The lowest BCUT2D eigenvalue weighted by Crippen LogP contribution is -2.36. The van der Waals surface area contributed by atoms with Crippen molar-refractivity contribution in [2.24, 2.45) is 5.92 Å². The summed E-state index contributed by atoms with van der Waals surface area (Å²) < 4.78 is 3.43. The molecule has 1 atom stereocenters. The van der Waals surface area contributed by atoms with E-state index in [0.29, 0.717) is 19.4 Å². The molecule has 0 radical (unpaired) electrons. The van der Waals surface area contributed by atoms with Gasteiger partial charge in [-0.05, 0) is 30.7 Å². The molecule has 3 aromatic rings. The van der Waals surface area contributed by atoms with Gasteiger partial charge in [-0.2, -0.15) is 4.57 Å². The quantitative estimate of drug-likeness (QED) is 0.382. The Morgan fingerprint density at radius 2 is 1.89 bits per heavy atom. The maximum Gasteiger partial charge on any atom is 0.306 e. The number of para-hydroxylation sites is 2. The Balaban J connectivity index is 1.75. The Kier molecular flexibility index (Phi) is 6.98. The van der Waals surface area contributed by atoms with Crippen LogP contribution in [0.5, 0.6) is 0 Å². The van der Waals surface area contributed by atoms with Crippen molar-refractivity contribution in [2.45, 2.75) is 26.3 Å². The summed E-state index contributed by atoms with van der Waals surface area (Å²) in [5.41, 5.74) is 2.20. The third-order valence-electron chi connectivity index (χ3n) is 4.65. The first-order chi connectivity index (χ1) is 13.7. The van der Waals surface area contributed by atoms with Gasteiger partial charge in [-0.1, -0.05) is 54.7 Å². The zero-order valence-electron chi connectivity index (χ0n) is 15.9. The third kappa shape index (κ3) is 5.08. The van der Waals surface area contributed by atoms with E-state index in [9.17, 15) is 9.90 Å². The number of carboxylic acid groups (broad SMARTS) is 1. The number of nitrogens with zero attached hydrogens (tertiary/aromatic N) is 1. The molecule has 0 saturated heterocycles. The molecule has 5 heteroatoms. The number of carboxylic acids is 1. The topological polar surface area (TPSA) is 53.2 Å². The summed E-state index contributed by atoms with van der Waals surface area (Å²) in [6.45, 7) is 2.63. The second kappa shape index (κ2) is 9.85. The van der Waals surface area contributed by atoms with Gasteiger partial charge < -0.3 is 10.4 Å². The van der Waals surface area contributed by atoms with Gasteiger partial charge in [0.25, 0.3) is 5.01 Å². The number of allylic oxidation sites excluding steroid dienone is 2. The van der Waals surface area contributed by atoms with Crippen molar-refractivity contribution in [1.29, 1.82) is 0 Å². The van der Waals surface area contributed by atoms with E-state index < -0.39 is 5.97 Å². The van der Waals surface area contributed by atoms with Crippen LogP contribution in [0.4, 0.5) is 5.69 Å². The van der Waals surface area contributed by atoms with Crippen LogP contribution in [0.3, 0.4) is 0 Å². The number of rotatable bonds is 9. The number of nitrogens with one attached hydrogen (secondary N) is 1. The van der Waals surface area contributed by atoms with Crippen molar-refractivity contribution in [2.75, 3.05) is 5.32 Å². The van der Waals surface area contributed by atoms with Crippen LogP contribution in [-0.2, 0) is 11.3 Å². The molecule has 2 N–H and O–H groups in total. The predicted molar refractivity (Wildman–Crippen MR) is 116 cm³/mol. The molecule has 0 fully saturated rings. The Bertz CT molecular complexity index is 977. The van der Waals surface area contributed by atoms with Crippen molar-refractivity contribution in [1.82, 2.24) is 0 Å². The van der Waals surface area contributed by atoms with Gasteiger partial charge in [0.1, 0.15) is 4.70 Å². The molecule has 144 valence electrons. The number of thiazole rings is 1. The number of aryl methyl sites for hydroxylation is 1. The highest BCUT2D eigenvalue weighted by Gasteiger charge is 2.22. The van der Waals surface area contributed by atoms with Crippen LogP contribution in [0.25, 0.3) is 16.3 Å². The fraction of sp³-hybridized carbons (Fsp3) is 0.217. The fourth-order valence-corrected chi connectivity index (χ4v) is 4.17. The van der Waals surface area contributed by atoms with E-state index in [1.165, 1.54) is 4.70 Å². The highest BCUT2D eigenvalue weighted by Crippen LogP contribution is 2.22. The van der Waals surface area contributed by atoms with Gasteiger partial charge in [0.15, 0.2) is 6.54 Å². The normalized spacial score (nSPS) is 12.8. The number of benzene rings is 2. The van der Waals surface area contributed by atoms with Crippen molar-refractivity contribution in [3.63, 3.8) is 0 Å². The van der Waals surface area contributed by atoms with Gasteiger partial charge >= 0.3 is 5.97 Å². The van der Waals surface area contributed by atoms with E-state index in [1.807, 2.05) is 67.7 Å². The number of hydrogen-bond donors (Lipinski definition) is 2. The van der Waals surface area contributed by atoms with Gasteiger partial charge in [0.05, 0.1) is 5.92 Å². The van der Waals surface area contributed by atoms with Crippen LogP contribution in [-0.4, -0.2) is 11.1 Å². The Labute approximate surface area is 169 Å². The summed E-state index contributed by atoms with van der Waals surface area (Å²) in [5, 5.41) is 13.7. The lowest BCUT2D eigenvalue weighted by molar-refractivity contribution is -0.669. The minimum absolute atomic E-state index is 0.307. The molecule has 0 aliphatic heterocycles. The SMILES string of the molecule is CCC(CC[n+]1c(C=CC=CNc2ccccc2)sc2ccccc21)C(=O)O. The van der Waals surface area contributed by atoms with E-state index in [4.69, 9.17) is 0 Å². The molecule has 28 heavy (non-hydrogen) atoms. The van der Waals surface area contributed by atoms with Crippen LogP contribution < -0.4 is 9.88 Å². The summed E-state index contributed by atoms with van der Waals surface area (Å²) >= 11 is 1.72.